The highest BCUT2D eigenvalue weighted by molar-refractivity contribution is 6.09. The van der Waals surface area contributed by atoms with E-state index < -0.39 is 0 Å². The van der Waals surface area contributed by atoms with Crippen molar-refractivity contribution in [3.05, 3.63) is 181 Å². The van der Waals surface area contributed by atoms with Crippen LogP contribution in [0.5, 0.6) is 46.0 Å². The van der Waals surface area contributed by atoms with Crippen molar-refractivity contribution >= 4 is 21.5 Å². The number of unbranched alkanes of at least 4 members (excludes halogenated alkanes) is 2. The molecule has 8 aromatic rings. The Kier molecular flexibility index (Phi) is 18.1. The van der Waals surface area contributed by atoms with Gasteiger partial charge in [-0.3, -0.25) is 0 Å². The summed E-state index contributed by atoms with van der Waals surface area (Å²) < 4.78 is 49.2. The molecule has 8 heteroatoms. The average molecular weight is 1020 g/mol. The molecule has 0 unspecified atom stereocenters. The van der Waals surface area contributed by atoms with Crippen molar-refractivity contribution in [1.29, 1.82) is 0 Å². The van der Waals surface area contributed by atoms with Crippen LogP contribution in [0, 0.1) is 11.8 Å². The molecule has 0 heterocycles. The van der Waals surface area contributed by atoms with Crippen molar-refractivity contribution in [1.82, 2.24) is 0 Å². The van der Waals surface area contributed by atoms with Crippen LogP contribution < -0.4 is 37.9 Å². The van der Waals surface area contributed by atoms with Gasteiger partial charge in [0, 0.05) is 11.1 Å². The fourth-order valence-electron chi connectivity index (χ4n) is 11.4. The van der Waals surface area contributed by atoms with Gasteiger partial charge in [0.05, 0.1) is 0 Å². The maximum Gasteiger partial charge on any atom is 0.230 e. The predicted octanol–water partition coefficient (Wildman–Crippen LogP) is 18.2. The van der Waals surface area contributed by atoms with Crippen LogP contribution in [-0.4, -0.2) is 27.2 Å². The highest BCUT2D eigenvalue weighted by Gasteiger charge is 2.24. The lowest BCUT2D eigenvalue weighted by Crippen LogP contribution is -2.13. The summed E-state index contributed by atoms with van der Waals surface area (Å²) in [4.78, 5) is 0. The zero-order valence-corrected chi connectivity index (χ0v) is 44.5. The summed E-state index contributed by atoms with van der Waals surface area (Å²) in [5.41, 5.74) is 4.63. The highest BCUT2D eigenvalue weighted by Crippen LogP contribution is 2.46. The molecule has 76 heavy (non-hydrogen) atoms. The number of ether oxygens (including phenoxy) is 8. The lowest BCUT2D eigenvalue weighted by molar-refractivity contribution is 0.115. The Bertz CT molecular complexity index is 2820. The molecule has 0 bridgehead atoms. The van der Waals surface area contributed by atoms with Gasteiger partial charge in [-0.15, -0.1) is 0 Å². The predicted molar refractivity (Wildman–Crippen MR) is 306 cm³/mol. The van der Waals surface area contributed by atoms with Gasteiger partial charge >= 0.3 is 0 Å². The second-order valence-electron chi connectivity index (χ2n) is 20.7. The molecular weight excluding hydrogens is 945 g/mol. The zero-order chi connectivity index (χ0) is 51.7. The second-order valence-corrected chi connectivity index (χ2v) is 20.7. The molecule has 8 nitrogen and oxygen atoms in total. The molecule has 0 spiro atoms. The quantitative estimate of drug-likeness (QED) is 0.0524. The standard InChI is InChI=1S/C68H74O8/c1-3-5-11-49-17-21-51(22-18-49)53-25-31-57(32-26-53)69-45-71-59-35-39-61(40-36-59)73-47-75-65-43-29-55-13-7-9-15-63(55)67(65)68-64-16-10-8-14-56(64)30-44-66(68)76-48-74-62-41-37-60(38-42-62)72-46-70-58-33-27-54(28-34-58)52-23-19-50(20-24-52)12-6-4-2/h7-10,13-16,25-44,49-52H,3-6,11-12,17-24,45-48H2,1-2H3. The molecule has 394 valence electrons. The van der Waals surface area contributed by atoms with Gasteiger partial charge in [0.25, 0.3) is 0 Å². The maximum absolute atomic E-state index is 6.51. The Hall–Kier alpha value is -7.32. The normalized spacial score (nSPS) is 17.4. The smallest absolute Gasteiger partial charge is 0.230 e. The SMILES string of the molecule is CCCCC1CCC(c2ccc(OCOc3ccc(OCOc4ccc5ccccc5c4-c4c(OCOc5ccc(OCOc6ccc(C7CCC(CCCC)CC7)cc6)cc5)ccc5ccccc45)cc3)cc2)CC1. The molecule has 2 aliphatic rings. The van der Waals surface area contributed by atoms with Crippen molar-refractivity contribution in [3.63, 3.8) is 0 Å². The van der Waals surface area contributed by atoms with E-state index in [9.17, 15) is 0 Å². The van der Waals surface area contributed by atoms with Gasteiger partial charge in [-0.25, -0.2) is 0 Å². The second kappa shape index (κ2) is 26.4. The summed E-state index contributed by atoms with van der Waals surface area (Å²) in [7, 11) is 0. The largest absolute Gasteiger partial charge is 0.458 e. The third-order valence-corrected chi connectivity index (χ3v) is 15.8. The van der Waals surface area contributed by atoms with E-state index in [1.807, 2.05) is 84.9 Å². The molecule has 0 saturated heterocycles. The zero-order valence-electron chi connectivity index (χ0n) is 44.5. The van der Waals surface area contributed by atoms with Crippen LogP contribution in [0.15, 0.2) is 170 Å². The van der Waals surface area contributed by atoms with Gasteiger partial charge in [0.2, 0.25) is 27.2 Å². The molecule has 8 aromatic carbocycles. The van der Waals surface area contributed by atoms with Gasteiger partial charge < -0.3 is 37.9 Å². The van der Waals surface area contributed by atoms with E-state index in [1.54, 1.807) is 0 Å². The first-order valence-corrected chi connectivity index (χ1v) is 28.0. The Morgan fingerprint density at radius 3 is 0.947 bits per heavy atom. The molecule has 0 radical (unpaired) electrons. The van der Waals surface area contributed by atoms with Crippen molar-refractivity contribution in [2.75, 3.05) is 27.2 Å². The van der Waals surface area contributed by atoms with Gasteiger partial charge in [0.15, 0.2) is 0 Å². The van der Waals surface area contributed by atoms with Crippen LogP contribution in [0.1, 0.15) is 127 Å². The summed E-state index contributed by atoms with van der Waals surface area (Å²) in [6.07, 6.45) is 18.6. The van der Waals surface area contributed by atoms with E-state index in [0.717, 1.165) is 56.0 Å². The minimum absolute atomic E-state index is 0.0199. The van der Waals surface area contributed by atoms with E-state index in [0.29, 0.717) is 46.3 Å². The minimum atomic E-state index is -0.0199. The van der Waals surface area contributed by atoms with Crippen LogP contribution in [-0.2, 0) is 0 Å². The fraction of sp³-hybridized carbons (Fsp3) is 0.353. The van der Waals surface area contributed by atoms with E-state index in [2.05, 4.69) is 98.8 Å². The third-order valence-electron chi connectivity index (χ3n) is 15.8. The molecule has 2 aliphatic carbocycles. The van der Waals surface area contributed by atoms with Crippen molar-refractivity contribution in [2.24, 2.45) is 11.8 Å². The van der Waals surface area contributed by atoms with Gasteiger partial charge in [-0.1, -0.05) is 137 Å². The molecule has 0 aliphatic heterocycles. The Balaban J connectivity index is 0.720. The Morgan fingerprint density at radius 2 is 0.618 bits per heavy atom. The molecule has 0 aromatic heterocycles. The monoisotopic (exact) mass is 1020 g/mol. The molecule has 10 rings (SSSR count). The summed E-state index contributed by atoms with van der Waals surface area (Å²) in [5, 5.41) is 4.19. The molecule has 2 fully saturated rings. The number of fused-ring (bicyclic) bond motifs is 2. The van der Waals surface area contributed by atoms with Crippen molar-refractivity contribution in [2.45, 2.75) is 116 Å². The Morgan fingerprint density at radius 1 is 0.316 bits per heavy atom. The maximum atomic E-state index is 6.51. The van der Waals surface area contributed by atoms with Crippen LogP contribution in [0.25, 0.3) is 32.7 Å². The first-order chi connectivity index (χ1) is 37.6. The number of rotatable bonds is 25. The molecule has 2 saturated carbocycles. The van der Waals surface area contributed by atoms with Crippen LogP contribution in [0.2, 0.25) is 0 Å². The van der Waals surface area contributed by atoms with Crippen LogP contribution >= 0.6 is 0 Å². The number of hydrogen-bond donors (Lipinski definition) is 0. The summed E-state index contributed by atoms with van der Waals surface area (Å²) in [6, 6.07) is 56.9. The van der Waals surface area contributed by atoms with Gasteiger partial charge in [-0.05, 0) is 193 Å². The molecule has 0 atom stereocenters. The fourth-order valence-corrected chi connectivity index (χ4v) is 11.4. The number of benzene rings is 8. The molecule has 0 amide bonds. The Labute approximate surface area is 450 Å². The third kappa shape index (κ3) is 13.7. The summed E-state index contributed by atoms with van der Waals surface area (Å²) in [6.45, 7) is 4.76. The molecular formula is C68H74O8. The van der Waals surface area contributed by atoms with E-state index in [1.165, 1.54) is 101 Å². The molecule has 0 N–H and O–H groups in total. The van der Waals surface area contributed by atoms with Crippen molar-refractivity contribution in [3.8, 4) is 57.1 Å². The van der Waals surface area contributed by atoms with E-state index in [4.69, 9.17) is 37.9 Å². The summed E-state index contributed by atoms with van der Waals surface area (Å²) >= 11 is 0. The van der Waals surface area contributed by atoms with E-state index in [-0.39, 0.29) is 27.2 Å². The van der Waals surface area contributed by atoms with Crippen LogP contribution in [0.4, 0.5) is 0 Å². The lowest BCUT2D eigenvalue weighted by Gasteiger charge is -2.28. The van der Waals surface area contributed by atoms with Crippen LogP contribution in [0.3, 0.4) is 0 Å². The number of hydrogen-bond acceptors (Lipinski definition) is 8. The van der Waals surface area contributed by atoms with Gasteiger partial charge in [-0.2, -0.15) is 0 Å². The topological polar surface area (TPSA) is 73.8 Å². The first-order valence-electron chi connectivity index (χ1n) is 28.0. The first kappa shape index (κ1) is 52.1. The van der Waals surface area contributed by atoms with Crippen molar-refractivity contribution < 1.29 is 37.9 Å². The summed E-state index contributed by atoms with van der Waals surface area (Å²) in [5.74, 6) is 8.72. The lowest BCUT2D eigenvalue weighted by atomic mass is 9.77. The minimum Gasteiger partial charge on any atom is -0.458 e. The van der Waals surface area contributed by atoms with Gasteiger partial charge in [0.1, 0.15) is 46.0 Å². The van der Waals surface area contributed by atoms with E-state index >= 15 is 0 Å². The average Bonchev–Trinajstić information content (AvgIpc) is 3.50. The highest BCUT2D eigenvalue weighted by atomic mass is 16.7.